The van der Waals surface area contributed by atoms with Gasteiger partial charge in [-0.3, -0.25) is 5.10 Å². The minimum Gasteiger partial charge on any atom is -0.382 e. The van der Waals surface area contributed by atoms with Crippen LogP contribution in [0.1, 0.15) is 0 Å². The molecule has 3 N–H and O–H groups in total. The molecular formula is C14H10BrN5. The van der Waals surface area contributed by atoms with Crippen LogP contribution in [-0.4, -0.2) is 19.6 Å². The number of nitrogens with one attached hydrogen (secondary N) is 1. The number of halogens is 1. The summed E-state index contributed by atoms with van der Waals surface area (Å²) in [5.41, 5.74) is 9.75. The molecule has 0 spiro atoms. The summed E-state index contributed by atoms with van der Waals surface area (Å²) >= 11 is 3.62. The number of nitrogen functional groups attached to an aromatic ring is 1. The van der Waals surface area contributed by atoms with E-state index in [9.17, 15) is 0 Å². The number of nitrogens with zero attached hydrogens (tertiary/aromatic N) is 3. The SMILES string of the molecule is Nc1cn2cc(-c3c(Br)ccc4[nH]ncc34)ccc2n1. The molecule has 0 saturated heterocycles. The predicted octanol–water partition coefficient (Wildman–Crippen LogP) is 3.22. The zero-order chi connectivity index (χ0) is 13.7. The highest BCUT2D eigenvalue weighted by Crippen LogP contribution is 2.34. The van der Waals surface area contributed by atoms with E-state index in [0.717, 1.165) is 32.1 Å². The number of hydrogen-bond acceptors (Lipinski definition) is 3. The smallest absolute Gasteiger partial charge is 0.142 e. The third-order valence-electron chi connectivity index (χ3n) is 3.33. The fraction of sp³-hybridized carbons (Fsp3) is 0. The topological polar surface area (TPSA) is 72.0 Å². The maximum atomic E-state index is 5.73. The van der Waals surface area contributed by atoms with Crippen LogP contribution in [0.4, 0.5) is 5.82 Å². The minimum atomic E-state index is 0.516. The summed E-state index contributed by atoms with van der Waals surface area (Å²) in [5, 5.41) is 8.17. The molecule has 0 radical (unpaired) electrons. The first-order valence-corrected chi connectivity index (χ1v) is 6.88. The van der Waals surface area contributed by atoms with Gasteiger partial charge in [0.1, 0.15) is 11.5 Å². The summed E-state index contributed by atoms with van der Waals surface area (Å²) < 4.78 is 2.95. The van der Waals surface area contributed by atoms with Crippen molar-refractivity contribution in [1.82, 2.24) is 19.6 Å². The Balaban J connectivity index is 2.04. The van der Waals surface area contributed by atoms with E-state index in [1.807, 2.05) is 47.3 Å². The largest absolute Gasteiger partial charge is 0.382 e. The van der Waals surface area contributed by atoms with Gasteiger partial charge in [-0.1, -0.05) is 15.9 Å². The van der Waals surface area contributed by atoms with Gasteiger partial charge in [-0.25, -0.2) is 4.98 Å². The number of imidazole rings is 1. The van der Waals surface area contributed by atoms with Crippen LogP contribution in [0.15, 0.2) is 47.3 Å². The standard InChI is InChI=1S/C14H10BrN5/c15-10-2-3-11-9(5-17-19-11)14(10)8-1-4-13-18-12(16)7-20(13)6-8/h1-7H,16H2,(H,17,19). The van der Waals surface area contributed by atoms with Crippen molar-refractivity contribution in [3.05, 3.63) is 47.3 Å². The highest BCUT2D eigenvalue weighted by atomic mass is 79.9. The minimum absolute atomic E-state index is 0.516. The molecule has 5 nitrogen and oxygen atoms in total. The number of pyridine rings is 1. The summed E-state index contributed by atoms with van der Waals surface area (Å²) in [6, 6.07) is 8.01. The summed E-state index contributed by atoms with van der Waals surface area (Å²) in [4.78, 5) is 4.23. The highest BCUT2D eigenvalue weighted by Gasteiger charge is 2.11. The van der Waals surface area contributed by atoms with E-state index in [0.29, 0.717) is 5.82 Å². The van der Waals surface area contributed by atoms with E-state index in [4.69, 9.17) is 5.73 Å². The van der Waals surface area contributed by atoms with Gasteiger partial charge in [-0.05, 0) is 24.3 Å². The molecule has 0 unspecified atom stereocenters. The highest BCUT2D eigenvalue weighted by molar-refractivity contribution is 9.10. The lowest BCUT2D eigenvalue weighted by molar-refractivity contribution is 1.12. The number of anilines is 1. The molecule has 0 aliphatic heterocycles. The van der Waals surface area contributed by atoms with Crippen molar-refractivity contribution < 1.29 is 0 Å². The lowest BCUT2D eigenvalue weighted by Gasteiger charge is -2.07. The van der Waals surface area contributed by atoms with E-state index < -0.39 is 0 Å². The van der Waals surface area contributed by atoms with Gasteiger partial charge in [0.05, 0.1) is 17.9 Å². The van der Waals surface area contributed by atoms with Gasteiger partial charge in [0.25, 0.3) is 0 Å². The Bertz CT molecular complexity index is 937. The van der Waals surface area contributed by atoms with Crippen molar-refractivity contribution >= 4 is 38.3 Å². The van der Waals surface area contributed by atoms with E-state index >= 15 is 0 Å². The third kappa shape index (κ3) is 1.61. The maximum Gasteiger partial charge on any atom is 0.142 e. The second kappa shape index (κ2) is 4.08. The first-order valence-electron chi connectivity index (χ1n) is 6.08. The van der Waals surface area contributed by atoms with Crippen LogP contribution >= 0.6 is 15.9 Å². The number of aromatic amines is 1. The predicted molar refractivity (Wildman–Crippen MR) is 82.4 cm³/mol. The van der Waals surface area contributed by atoms with Gasteiger partial charge >= 0.3 is 0 Å². The monoisotopic (exact) mass is 327 g/mol. The molecule has 0 saturated carbocycles. The fourth-order valence-electron chi connectivity index (χ4n) is 2.44. The van der Waals surface area contributed by atoms with Crippen LogP contribution in [0.2, 0.25) is 0 Å². The van der Waals surface area contributed by atoms with Crippen LogP contribution in [0.3, 0.4) is 0 Å². The Labute approximate surface area is 122 Å². The van der Waals surface area contributed by atoms with Gasteiger partial charge in [-0.2, -0.15) is 5.10 Å². The van der Waals surface area contributed by atoms with Crippen LogP contribution in [-0.2, 0) is 0 Å². The lowest BCUT2D eigenvalue weighted by atomic mass is 10.0. The quantitative estimate of drug-likeness (QED) is 0.563. The van der Waals surface area contributed by atoms with Gasteiger partial charge in [-0.15, -0.1) is 0 Å². The van der Waals surface area contributed by atoms with Gasteiger partial charge in [0, 0.05) is 27.2 Å². The fourth-order valence-corrected chi connectivity index (χ4v) is 3.02. The number of aromatic nitrogens is 4. The Kier molecular flexibility index (Phi) is 2.34. The molecule has 4 aromatic rings. The number of benzene rings is 1. The second-order valence-electron chi connectivity index (χ2n) is 4.60. The molecule has 0 amide bonds. The van der Waals surface area contributed by atoms with Crippen LogP contribution < -0.4 is 5.73 Å². The zero-order valence-electron chi connectivity index (χ0n) is 10.3. The summed E-state index contributed by atoms with van der Waals surface area (Å²) in [6.07, 6.45) is 5.66. The van der Waals surface area contributed by atoms with Gasteiger partial charge < -0.3 is 10.1 Å². The Morgan fingerprint density at radius 1 is 1.15 bits per heavy atom. The Hall–Kier alpha value is -2.34. The van der Waals surface area contributed by atoms with Gasteiger partial charge in [0.15, 0.2) is 0 Å². The number of rotatable bonds is 1. The summed E-state index contributed by atoms with van der Waals surface area (Å²) in [7, 11) is 0. The Morgan fingerprint density at radius 2 is 2.05 bits per heavy atom. The average Bonchev–Trinajstić information content (AvgIpc) is 3.02. The first-order chi connectivity index (χ1) is 9.72. The molecular weight excluding hydrogens is 318 g/mol. The molecule has 0 bridgehead atoms. The van der Waals surface area contributed by atoms with E-state index in [-0.39, 0.29) is 0 Å². The zero-order valence-corrected chi connectivity index (χ0v) is 11.9. The summed E-state index contributed by atoms with van der Waals surface area (Å²) in [5.74, 6) is 0.516. The van der Waals surface area contributed by atoms with E-state index in [1.54, 1.807) is 0 Å². The molecule has 3 heterocycles. The number of H-pyrrole nitrogens is 1. The normalized spacial score (nSPS) is 11.4. The molecule has 0 aliphatic rings. The third-order valence-corrected chi connectivity index (χ3v) is 3.99. The molecule has 0 aliphatic carbocycles. The number of fused-ring (bicyclic) bond motifs is 2. The van der Waals surface area contributed by atoms with Crippen molar-refractivity contribution in [2.24, 2.45) is 0 Å². The first kappa shape index (κ1) is 11.5. The molecule has 1 aromatic carbocycles. The number of nitrogens with two attached hydrogens (primary N) is 1. The van der Waals surface area contributed by atoms with Crippen LogP contribution in [0, 0.1) is 0 Å². The van der Waals surface area contributed by atoms with Crippen molar-refractivity contribution in [1.29, 1.82) is 0 Å². The number of hydrogen-bond donors (Lipinski definition) is 2. The lowest BCUT2D eigenvalue weighted by Crippen LogP contribution is -1.87. The van der Waals surface area contributed by atoms with Crippen molar-refractivity contribution in [2.45, 2.75) is 0 Å². The van der Waals surface area contributed by atoms with Crippen molar-refractivity contribution in [3.63, 3.8) is 0 Å². The molecule has 0 atom stereocenters. The second-order valence-corrected chi connectivity index (χ2v) is 5.46. The average molecular weight is 328 g/mol. The molecule has 6 heteroatoms. The summed E-state index contributed by atoms with van der Waals surface area (Å²) in [6.45, 7) is 0. The van der Waals surface area contributed by atoms with Crippen LogP contribution in [0.25, 0.3) is 27.7 Å². The molecule has 3 aromatic heterocycles. The van der Waals surface area contributed by atoms with E-state index in [2.05, 4.69) is 31.1 Å². The molecule has 98 valence electrons. The molecule has 20 heavy (non-hydrogen) atoms. The molecule has 0 fully saturated rings. The Morgan fingerprint density at radius 3 is 2.95 bits per heavy atom. The van der Waals surface area contributed by atoms with Crippen molar-refractivity contribution in [2.75, 3.05) is 5.73 Å². The maximum absolute atomic E-state index is 5.73. The van der Waals surface area contributed by atoms with E-state index in [1.165, 1.54) is 0 Å². The van der Waals surface area contributed by atoms with Crippen molar-refractivity contribution in [3.8, 4) is 11.1 Å². The van der Waals surface area contributed by atoms with Crippen LogP contribution in [0.5, 0.6) is 0 Å². The molecule has 4 rings (SSSR count). The van der Waals surface area contributed by atoms with Gasteiger partial charge in [0.2, 0.25) is 0 Å².